The summed E-state index contributed by atoms with van der Waals surface area (Å²) in [6.07, 6.45) is 5.27. The van der Waals surface area contributed by atoms with Crippen LogP contribution in [0.3, 0.4) is 0 Å². The van der Waals surface area contributed by atoms with Gasteiger partial charge in [-0.05, 0) is 82.3 Å². The van der Waals surface area contributed by atoms with Gasteiger partial charge in [0.1, 0.15) is 16.4 Å². The Morgan fingerprint density at radius 2 is 1.76 bits per heavy atom. The number of nitrogens with zero attached hydrogens (tertiary/aromatic N) is 6. The Bertz CT molecular complexity index is 1880. The molecule has 1 saturated heterocycles. The van der Waals surface area contributed by atoms with E-state index in [9.17, 15) is 9.90 Å². The Kier molecular flexibility index (Phi) is 8.47. The fourth-order valence-electron chi connectivity index (χ4n) is 5.48. The summed E-state index contributed by atoms with van der Waals surface area (Å²) in [5, 5.41) is 11.2. The predicted molar refractivity (Wildman–Crippen MR) is 180 cm³/mol. The van der Waals surface area contributed by atoms with Crippen LogP contribution in [0.2, 0.25) is 5.02 Å². The molecule has 0 unspecified atom stereocenters. The van der Waals surface area contributed by atoms with E-state index in [0.717, 1.165) is 86.4 Å². The Morgan fingerprint density at radius 1 is 1.02 bits per heavy atom. The number of carboxylic acid groups (broad SMARTS) is 1. The van der Waals surface area contributed by atoms with Crippen molar-refractivity contribution < 1.29 is 14.6 Å². The second-order valence-corrected chi connectivity index (χ2v) is 13.8. The molecule has 0 saturated carbocycles. The van der Waals surface area contributed by atoms with Gasteiger partial charge in [-0.25, -0.2) is 15.0 Å². The molecule has 1 aliphatic heterocycles. The van der Waals surface area contributed by atoms with Gasteiger partial charge in [0.2, 0.25) is 5.95 Å². The number of carboxylic acids is 1. The maximum Gasteiger partial charge on any atom is 0.307 e. The van der Waals surface area contributed by atoms with E-state index in [4.69, 9.17) is 21.3 Å². The summed E-state index contributed by atoms with van der Waals surface area (Å²) in [6, 6.07) is 11.4. The highest BCUT2D eigenvalue weighted by Crippen LogP contribution is 2.45. The molecule has 0 aliphatic carbocycles. The highest BCUT2D eigenvalue weighted by Gasteiger charge is 2.24. The molecule has 5 aromatic rings. The molecule has 0 bridgehead atoms. The van der Waals surface area contributed by atoms with Gasteiger partial charge in [-0.2, -0.15) is 0 Å². The van der Waals surface area contributed by atoms with E-state index in [0.29, 0.717) is 10.8 Å². The third kappa shape index (κ3) is 6.78. The van der Waals surface area contributed by atoms with E-state index in [1.54, 1.807) is 18.3 Å². The lowest BCUT2D eigenvalue weighted by atomic mass is 9.92. The molecule has 1 fully saturated rings. The SMILES string of the molecule is Cc1cc2nc(-c3ccnc(-c4cnc(N5CCN(C)CC5)nc4)c3)sc2c(-c2ccc(Cl)cc2OC(C)(C)C)c1CC(=O)O. The number of pyridine rings is 1. The van der Waals surface area contributed by atoms with Crippen LogP contribution in [-0.2, 0) is 11.2 Å². The van der Waals surface area contributed by atoms with E-state index >= 15 is 0 Å². The molecule has 1 aliphatic rings. The molecule has 45 heavy (non-hydrogen) atoms. The molecule has 0 atom stereocenters. The third-order valence-electron chi connectivity index (χ3n) is 7.70. The van der Waals surface area contributed by atoms with Gasteiger partial charge in [-0.15, -0.1) is 11.3 Å². The van der Waals surface area contributed by atoms with Gasteiger partial charge in [0, 0.05) is 72.0 Å². The zero-order valence-corrected chi connectivity index (χ0v) is 27.5. The average Bonchev–Trinajstić information content (AvgIpc) is 3.41. The maximum absolute atomic E-state index is 12.0. The van der Waals surface area contributed by atoms with E-state index < -0.39 is 11.6 Å². The quantitative estimate of drug-likeness (QED) is 0.201. The number of likely N-dealkylation sites (N-methyl/N-ethyl adjacent to an activating group) is 1. The van der Waals surface area contributed by atoms with E-state index in [1.165, 1.54) is 11.3 Å². The van der Waals surface area contributed by atoms with Crippen LogP contribution in [0.4, 0.5) is 5.95 Å². The van der Waals surface area contributed by atoms with E-state index in [1.807, 2.05) is 64.4 Å². The molecule has 6 rings (SSSR count). The number of aryl methyl sites for hydroxylation is 1. The molecule has 0 amide bonds. The summed E-state index contributed by atoms with van der Waals surface area (Å²) in [5.41, 5.74) is 5.91. The van der Waals surface area contributed by atoms with Gasteiger partial charge in [0.05, 0.1) is 22.3 Å². The summed E-state index contributed by atoms with van der Waals surface area (Å²) in [5.74, 6) is 0.413. The second kappa shape index (κ2) is 12.3. The van der Waals surface area contributed by atoms with Gasteiger partial charge >= 0.3 is 5.97 Å². The molecule has 232 valence electrons. The van der Waals surface area contributed by atoms with Gasteiger partial charge < -0.3 is 19.6 Å². The number of hydrogen-bond acceptors (Lipinski definition) is 9. The van der Waals surface area contributed by atoms with Crippen LogP contribution in [0.25, 0.3) is 43.2 Å². The van der Waals surface area contributed by atoms with Crippen molar-refractivity contribution in [1.29, 1.82) is 0 Å². The summed E-state index contributed by atoms with van der Waals surface area (Å²) >= 11 is 7.92. The fraction of sp³-hybridized carbons (Fsp3) is 0.324. The summed E-state index contributed by atoms with van der Waals surface area (Å²) < 4.78 is 7.23. The summed E-state index contributed by atoms with van der Waals surface area (Å²) in [4.78, 5) is 35.5. The van der Waals surface area contributed by atoms with Crippen LogP contribution in [-0.4, -0.2) is 74.7 Å². The Labute approximate surface area is 271 Å². The first-order valence-corrected chi connectivity index (χ1v) is 16.0. The standard InChI is InChI=1S/C34H35ClN6O3S/c1-20-14-27-31(30(25(20)17-29(42)43)24-7-6-23(35)16-28(24)44-34(2,3)4)45-32(39-27)21-8-9-36-26(15-21)22-18-37-33(38-19-22)41-12-10-40(5)11-13-41/h6-9,14-16,18-19H,10-13,17H2,1-5H3,(H,42,43). The number of thiazole rings is 1. The molecular formula is C34H35ClN6O3S. The number of ether oxygens (including phenoxy) is 1. The third-order valence-corrected chi connectivity index (χ3v) is 9.07. The number of benzene rings is 2. The first kappa shape index (κ1) is 30.9. The summed E-state index contributed by atoms with van der Waals surface area (Å²) in [7, 11) is 2.12. The minimum Gasteiger partial charge on any atom is -0.487 e. The maximum atomic E-state index is 12.0. The molecule has 0 spiro atoms. The van der Waals surface area contributed by atoms with Crippen LogP contribution in [0, 0.1) is 6.92 Å². The van der Waals surface area contributed by atoms with Crippen LogP contribution in [0.5, 0.6) is 5.75 Å². The normalized spacial score (nSPS) is 14.2. The van der Waals surface area contributed by atoms with E-state index in [-0.39, 0.29) is 6.42 Å². The van der Waals surface area contributed by atoms with Crippen LogP contribution in [0.15, 0.2) is 55.0 Å². The van der Waals surface area contributed by atoms with Gasteiger partial charge in [-0.1, -0.05) is 11.6 Å². The monoisotopic (exact) mass is 642 g/mol. The molecule has 4 heterocycles. The van der Waals surface area contributed by atoms with Gasteiger partial charge in [0.25, 0.3) is 0 Å². The number of anilines is 1. The first-order chi connectivity index (χ1) is 21.4. The summed E-state index contributed by atoms with van der Waals surface area (Å²) in [6.45, 7) is 11.6. The number of hydrogen-bond donors (Lipinski definition) is 1. The number of piperazine rings is 1. The molecule has 1 N–H and O–H groups in total. The molecular weight excluding hydrogens is 608 g/mol. The lowest BCUT2D eigenvalue weighted by Crippen LogP contribution is -2.45. The smallest absolute Gasteiger partial charge is 0.307 e. The molecule has 11 heteroatoms. The second-order valence-electron chi connectivity index (χ2n) is 12.3. The van der Waals surface area contributed by atoms with Crippen molar-refractivity contribution in [2.75, 3.05) is 38.1 Å². The number of halogens is 1. The van der Waals surface area contributed by atoms with Crippen LogP contribution >= 0.6 is 22.9 Å². The van der Waals surface area contributed by atoms with Crippen LogP contribution in [0.1, 0.15) is 31.9 Å². The largest absolute Gasteiger partial charge is 0.487 e. The van der Waals surface area contributed by atoms with Crippen molar-refractivity contribution in [3.8, 4) is 38.7 Å². The lowest BCUT2D eigenvalue weighted by molar-refractivity contribution is -0.136. The fourth-order valence-corrected chi connectivity index (χ4v) is 6.77. The minimum atomic E-state index is -0.907. The van der Waals surface area contributed by atoms with Crippen LogP contribution < -0.4 is 9.64 Å². The Morgan fingerprint density at radius 3 is 2.44 bits per heavy atom. The first-order valence-electron chi connectivity index (χ1n) is 14.8. The van der Waals surface area contributed by atoms with Crippen molar-refractivity contribution in [1.82, 2.24) is 24.8 Å². The highest BCUT2D eigenvalue weighted by atomic mass is 35.5. The molecule has 9 nitrogen and oxygen atoms in total. The average molecular weight is 643 g/mol. The van der Waals surface area contributed by atoms with Gasteiger partial charge in [-0.3, -0.25) is 9.78 Å². The van der Waals surface area contributed by atoms with Gasteiger partial charge in [0.15, 0.2) is 0 Å². The number of carbonyl (C=O) groups is 1. The zero-order valence-electron chi connectivity index (χ0n) is 26.0. The molecule has 3 aromatic heterocycles. The zero-order chi connectivity index (χ0) is 31.9. The number of fused-ring (bicyclic) bond motifs is 1. The van der Waals surface area contributed by atoms with Crippen molar-refractivity contribution >= 4 is 45.1 Å². The molecule has 2 aromatic carbocycles. The lowest BCUT2D eigenvalue weighted by Gasteiger charge is -2.32. The highest BCUT2D eigenvalue weighted by molar-refractivity contribution is 7.22. The van der Waals surface area contributed by atoms with E-state index in [2.05, 4.69) is 31.8 Å². The van der Waals surface area contributed by atoms with Crippen molar-refractivity contribution in [2.24, 2.45) is 0 Å². The predicted octanol–water partition coefficient (Wildman–Crippen LogP) is 7.00. The Balaban J connectivity index is 1.42. The minimum absolute atomic E-state index is 0.133. The van der Waals surface area contributed by atoms with Crippen molar-refractivity contribution in [3.63, 3.8) is 0 Å². The Hall–Kier alpha value is -4.12. The molecule has 0 radical (unpaired) electrons. The van der Waals surface area contributed by atoms with Crippen molar-refractivity contribution in [2.45, 2.75) is 39.7 Å². The topological polar surface area (TPSA) is 105 Å². The number of aromatic nitrogens is 4. The number of rotatable bonds is 7. The number of aliphatic carboxylic acids is 1. The van der Waals surface area contributed by atoms with Crippen molar-refractivity contribution in [3.05, 3.63) is 71.1 Å².